The maximum atomic E-state index is 11.8. The minimum absolute atomic E-state index is 0.00338. The lowest BCUT2D eigenvalue weighted by Gasteiger charge is -2.24. The van der Waals surface area contributed by atoms with E-state index in [0.717, 1.165) is 38.8 Å². The smallest absolute Gasteiger partial charge is 0.315 e. The molecular formula is C14H26N2O2. The van der Waals surface area contributed by atoms with Crippen molar-refractivity contribution in [3.05, 3.63) is 0 Å². The molecule has 18 heavy (non-hydrogen) atoms. The Hall–Kier alpha value is -0.770. The van der Waals surface area contributed by atoms with Crippen LogP contribution in [0.25, 0.3) is 0 Å². The minimum Gasteiger partial charge on any atom is -0.378 e. The highest BCUT2D eigenvalue weighted by atomic mass is 16.5. The maximum absolute atomic E-state index is 11.8. The van der Waals surface area contributed by atoms with Gasteiger partial charge in [0.25, 0.3) is 0 Å². The van der Waals surface area contributed by atoms with Gasteiger partial charge in [-0.1, -0.05) is 26.2 Å². The fourth-order valence-corrected chi connectivity index (χ4v) is 3.08. The molecule has 2 N–H and O–H groups in total. The first-order valence-corrected chi connectivity index (χ1v) is 7.45. The molecule has 2 aliphatic rings. The summed E-state index contributed by atoms with van der Waals surface area (Å²) in [6.45, 7) is 3.73. The first-order chi connectivity index (χ1) is 8.79. The summed E-state index contributed by atoms with van der Waals surface area (Å²) in [7, 11) is 0. The molecule has 2 fully saturated rings. The summed E-state index contributed by atoms with van der Waals surface area (Å²) in [5.41, 5.74) is 0. The van der Waals surface area contributed by atoms with Gasteiger partial charge < -0.3 is 15.4 Å². The third-order valence-electron chi connectivity index (χ3n) is 4.21. The van der Waals surface area contributed by atoms with Gasteiger partial charge in [-0.15, -0.1) is 0 Å². The summed E-state index contributed by atoms with van der Waals surface area (Å²) in [5.74, 6) is 0.493. The van der Waals surface area contributed by atoms with Crippen LogP contribution in [0.15, 0.2) is 0 Å². The Labute approximate surface area is 110 Å². The standard InChI is InChI=1S/C14H26N2O2/c1-2-13-11(8-9-18-13)10-15-14(17)16-12-6-4-3-5-7-12/h11-13H,2-10H2,1H3,(H2,15,16,17). The zero-order valence-electron chi connectivity index (χ0n) is 11.4. The number of hydrogen-bond acceptors (Lipinski definition) is 2. The van der Waals surface area contributed by atoms with Crippen LogP contribution in [0.5, 0.6) is 0 Å². The van der Waals surface area contributed by atoms with Crippen LogP contribution < -0.4 is 10.6 Å². The molecule has 0 radical (unpaired) electrons. The van der Waals surface area contributed by atoms with Crippen molar-refractivity contribution in [3.8, 4) is 0 Å². The molecule has 2 amide bonds. The van der Waals surface area contributed by atoms with Crippen LogP contribution >= 0.6 is 0 Å². The number of urea groups is 1. The van der Waals surface area contributed by atoms with Crippen LogP contribution in [0.3, 0.4) is 0 Å². The zero-order valence-corrected chi connectivity index (χ0v) is 11.4. The molecule has 0 aromatic heterocycles. The van der Waals surface area contributed by atoms with Crippen LogP contribution in [0.2, 0.25) is 0 Å². The highest BCUT2D eigenvalue weighted by molar-refractivity contribution is 5.74. The van der Waals surface area contributed by atoms with Gasteiger partial charge >= 0.3 is 6.03 Å². The van der Waals surface area contributed by atoms with Crippen LogP contribution in [0.4, 0.5) is 4.79 Å². The molecule has 0 bridgehead atoms. The van der Waals surface area contributed by atoms with Crippen molar-refractivity contribution < 1.29 is 9.53 Å². The van der Waals surface area contributed by atoms with E-state index in [0.29, 0.717) is 18.1 Å². The predicted octanol–water partition coefficient (Wildman–Crippen LogP) is 2.43. The number of hydrogen-bond donors (Lipinski definition) is 2. The molecule has 2 atom stereocenters. The third-order valence-corrected chi connectivity index (χ3v) is 4.21. The maximum Gasteiger partial charge on any atom is 0.315 e. The molecule has 0 spiro atoms. The Kier molecular flexibility index (Phi) is 5.29. The van der Waals surface area contributed by atoms with Gasteiger partial charge in [-0.2, -0.15) is 0 Å². The predicted molar refractivity (Wildman–Crippen MR) is 71.5 cm³/mol. The quantitative estimate of drug-likeness (QED) is 0.809. The highest BCUT2D eigenvalue weighted by Gasteiger charge is 2.27. The van der Waals surface area contributed by atoms with E-state index in [9.17, 15) is 4.79 Å². The van der Waals surface area contributed by atoms with Crippen molar-refractivity contribution in [1.82, 2.24) is 10.6 Å². The molecule has 1 aliphatic heterocycles. The topological polar surface area (TPSA) is 50.4 Å². The average molecular weight is 254 g/mol. The van der Waals surface area contributed by atoms with E-state index in [-0.39, 0.29) is 6.03 Å². The summed E-state index contributed by atoms with van der Waals surface area (Å²) in [4.78, 5) is 11.8. The Balaban J connectivity index is 1.64. The van der Waals surface area contributed by atoms with Crippen LogP contribution in [0, 0.1) is 5.92 Å². The number of rotatable bonds is 4. The molecule has 1 saturated heterocycles. The molecule has 2 rings (SSSR count). The van der Waals surface area contributed by atoms with E-state index < -0.39 is 0 Å². The highest BCUT2D eigenvalue weighted by Crippen LogP contribution is 2.22. The minimum atomic E-state index is 0.00338. The van der Waals surface area contributed by atoms with E-state index in [1.807, 2.05) is 0 Å². The Morgan fingerprint density at radius 2 is 2.00 bits per heavy atom. The second kappa shape index (κ2) is 6.98. The van der Waals surface area contributed by atoms with Crippen molar-refractivity contribution in [3.63, 3.8) is 0 Å². The number of nitrogens with one attached hydrogen (secondary N) is 2. The Morgan fingerprint density at radius 3 is 2.72 bits per heavy atom. The van der Waals surface area contributed by atoms with Crippen molar-refractivity contribution in [2.75, 3.05) is 13.2 Å². The van der Waals surface area contributed by atoms with Gasteiger partial charge in [0, 0.05) is 25.1 Å². The summed E-state index contributed by atoms with van der Waals surface area (Å²) >= 11 is 0. The molecule has 1 heterocycles. The summed E-state index contributed by atoms with van der Waals surface area (Å²) in [5, 5.41) is 6.09. The van der Waals surface area contributed by atoms with Crippen molar-refractivity contribution in [2.45, 2.75) is 64.0 Å². The van der Waals surface area contributed by atoms with E-state index in [1.165, 1.54) is 19.3 Å². The Morgan fingerprint density at radius 1 is 1.22 bits per heavy atom. The largest absolute Gasteiger partial charge is 0.378 e. The molecule has 4 nitrogen and oxygen atoms in total. The van der Waals surface area contributed by atoms with Crippen LogP contribution in [-0.2, 0) is 4.74 Å². The lowest BCUT2D eigenvalue weighted by atomic mass is 9.96. The van der Waals surface area contributed by atoms with Gasteiger partial charge in [0.2, 0.25) is 0 Å². The van der Waals surface area contributed by atoms with E-state index in [4.69, 9.17) is 4.74 Å². The zero-order chi connectivity index (χ0) is 12.8. The lowest BCUT2D eigenvalue weighted by molar-refractivity contribution is 0.0877. The molecule has 1 aliphatic carbocycles. The first-order valence-electron chi connectivity index (χ1n) is 7.45. The van der Waals surface area contributed by atoms with Crippen molar-refractivity contribution in [1.29, 1.82) is 0 Å². The SMILES string of the molecule is CCC1OCCC1CNC(=O)NC1CCCCC1. The fourth-order valence-electron chi connectivity index (χ4n) is 3.08. The molecule has 0 aromatic rings. The first kappa shape index (κ1) is 13.7. The van der Waals surface area contributed by atoms with Crippen LogP contribution in [0.1, 0.15) is 51.9 Å². The van der Waals surface area contributed by atoms with Crippen LogP contribution in [-0.4, -0.2) is 31.3 Å². The molecule has 104 valence electrons. The number of ether oxygens (including phenoxy) is 1. The van der Waals surface area contributed by atoms with Crippen molar-refractivity contribution in [2.24, 2.45) is 5.92 Å². The van der Waals surface area contributed by atoms with Gasteiger partial charge in [0.15, 0.2) is 0 Å². The molecular weight excluding hydrogens is 228 g/mol. The summed E-state index contributed by atoms with van der Waals surface area (Å²) in [6.07, 6.45) is 8.53. The third kappa shape index (κ3) is 3.87. The Bertz CT molecular complexity index is 265. The van der Waals surface area contributed by atoms with Crippen molar-refractivity contribution >= 4 is 6.03 Å². The number of carbonyl (C=O) groups excluding carboxylic acids is 1. The normalized spacial score (nSPS) is 29.2. The molecule has 0 aromatic carbocycles. The number of amides is 2. The molecule has 1 saturated carbocycles. The second-order valence-corrected chi connectivity index (χ2v) is 5.56. The molecule has 4 heteroatoms. The second-order valence-electron chi connectivity index (χ2n) is 5.56. The summed E-state index contributed by atoms with van der Waals surface area (Å²) < 4.78 is 5.63. The van der Waals surface area contributed by atoms with Gasteiger partial charge in [0.1, 0.15) is 0 Å². The lowest BCUT2D eigenvalue weighted by Crippen LogP contribution is -2.45. The van der Waals surface area contributed by atoms with Gasteiger partial charge in [-0.25, -0.2) is 4.79 Å². The molecule has 2 unspecified atom stereocenters. The van der Waals surface area contributed by atoms with Gasteiger partial charge in [-0.3, -0.25) is 0 Å². The van der Waals surface area contributed by atoms with Gasteiger partial charge in [0.05, 0.1) is 6.10 Å². The van der Waals surface area contributed by atoms with E-state index >= 15 is 0 Å². The fraction of sp³-hybridized carbons (Fsp3) is 0.929. The summed E-state index contributed by atoms with van der Waals surface area (Å²) in [6, 6.07) is 0.393. The van der Waals surface area contributed by atoms with E-state index in [1.54, 1.807) is 0 Å². The van der Waals surface area contributed by atoms with Gasteiger partial charge in [-0.05, 0) is 25.7 Å². The monoisotopic (exact) mass is 254 g/mol. The van der Waals surface area contributed by atoms with E-state index in [2.05, 4.69) is 17.6 Å². The average Bonchev–Trinajstić information content (AvgIpc) is 2.85. The number of carbonyl (C=O) groups is 1.